The molecule has 0 atom stereocenters. The fraction of sp³-hybridized carbons (Fsp3) is 0.538. The fourth-order valence-electron chi connectivity index (χ4n) is 1.87. The van der Waals surface area contributed by atoms with E-state index in [4.69, 9.17) is 9.47 Å². The molecular formula is C13H16Br2O2. The van der Waals surface area contributed by atoms with E-state index < -0.39 is 0 Å². The van der Waals surface area contributed by atoms with E-state index in [0.717, 1.165) is 48.2 Å². The average Bonchev–Trinajstić information content (AvgIpc) is 2.38. The highest BCUT2D eigenvalue weighted by atomic mass is 79.9. The molecule has 1 aliphatic heterocycles. The van der Waals surface area contributed by atoms with Gasteiger partial charge in [0.05, 0.1) is 11.1 Å². The molecule has 1 aromatic rings. The highest BCUT2D eigenvalue weighted by Gasteiger charge is 2.15. The predicted molar refractivity (Wildman–Crippen MR) is 75.8 cm³/mol. The van der Waals surface area contributed by atoms with E-state index in [0.29, 0.717) is 5.92 Å². The van der Waals surface area contributed by atoms with Crippen molar-refractivity contribution in [1.82, 2.24) is 0 Å². The molecular weight excluding hydrogens is 348 g/mol. The van der Waals surface area contributed by atoms with Crippen molar-refractivity contribution in [2.24, 2.45) is 5.92 Å². The summed E-state index contributed by atoms with van der Waals surface area (Å²) in [5, 5.41) is 0.867. The Kier molecular flexibility index (Phi) is 5.32. The Balaban J connectivity index is 1.89. The molecule has 0 radical (unpaired) electrons. The SMILES string of the molecule is BrCc1ccc(OCC2CCOCC2)c(Br)c1. The van der Waals surface area contributed by atoms with Crippen LogP contribution in [0.3, 0.4) is 0 Å². The van der Waals surface area contributed by atoms with E-state index in [9.17, 15) is 0 Å². The lowest BCUT2D eigenvalue weighted by Gasteiger charge is -2.22. The van der Waals surface area contributed by atoms with Crippen LogP contribution in [0.15, 0.2) is 22.7 Å². The van der Waals surface area contributed by atoms with Gasteiger partial charge in [0.15, 0.2) is 0 Å². The van der Waals surface area contributed by atoms with Crippen LogP contribution in [0.2, 0.25) is 0 Å². The van der Waals surface area contributed by atoms with Gasteiger partial charge in [0, 0.05) is 18.5 Å². The maximum atomic E-state index is 5.86. The molecule has 0 aromatic heterocycles. The van der Waals surface area contributed by atoms with Gasteiger partial charge in [0.2, 0.25) is 0 Å². The topological polar surface area (TPSA) is 18.5 Å². The summed E-state index contributed by atoms with van der Waals surface area (Å²) in [4.78, 5) is 0. The van der Waals surface area contributed by atoms with Gasteiger partial charge in [0.25, 0.3) is 0 Å². The van der Waals surface area contributed by atoms with Gasteiger partial charge in [-0.15, -0.1) is 0 Å². The number of ether oxygens (including phenoxy) is 2. The molecule has 94 valence electrons. The van der Waals surface area contributed by atoms with E-state index >= 15 is 0 Å². The van der Waals surface area contributed by atoms with Gasteiger partial charge in [-0.25, -0.2) is 0 Å². The minimum atomic E-state index is 0.631. The lowest BCUT2D eigenvalue weighted by Crippen LogP contribution is -2.21. The standard InChI is InChI=1S/C13H16Br2O2/c14-8-11-1-2-13(12(15)7-11)17-9-10-3-5-16-6-4-10/h1-2,7,10H,3-6,8-9H2. The van der Waals surface area contributed by atoms with Crippen molar-refractivity contribution in [2.75, 3.05) is 19.8 Å². The van der Waals surface area contributed by atoms with E-state index in [1.54, 1.807) is 0 Å². The molecule has 1 saturated heterocycles. The fourth-order valence-corrected chi connectivity index (χ4v) is 2.75. The summed E-state index contributed by atoms with van der Waals surface area (Å²) in [7, 11) is 0. The van der Waals surface area contributed by atoms with Crippen LogP contribution < -0.4 is 4.74 Å². The normalized spacial score (nSPS) is 17.1. The summed E-state index contributed by atoms with van der Waals surface area (Å²) in [5.41, 5.74) is 1.25. The number of hydrogen-bond acceptors (Lipinski definition) is 2. The zero-order valence-corrected chi connectivity index (χ0v) is 12.8. The molecule has 0 amide bonds. The highest BCUT2D eigenvalue weighted by molar-refractivity contribution is 9.10. The van der Waals surface area contributed by atoms with Gasteiger partial charge in [0.1, 0.15) is 5.75 Å². The van der Waals surface area contributed by atoms with Crippen molar-refractivity contribution in [1.29, 1.82) is 0 Å². The van der Waals surface area contributed by atoms with Crippen LogP contribution in [0, 0.1) is 5.92 Å². The molecule has 4 heteroatoms. The molecule has 0 spiro atoms. The maximum absolute atomic E-state index is 5.86. The van der Waals surface area contributed by atoms with Crippen LogP contribution in [0.25, 0.3) is 0 Å². The second-order valence-corrected chi connectivity index (χ2v) is 5.68. The van der Waals surface area contributed by atoms with E-state index in [1.165, 1.54) is 5.56 Å². The Morgan fingerprint density at radius 1 is 1.29 bits per heavy atom. The minimum Gasteiger partial charge on any atom is -0.492 e. The molecule has 1 fully saturated rings. The minimum absolute atomic E-state index is 0.631. The van der Waals surface area contributed by atoms with Crippen molar-refractivity contribution in [2.45, 2.75) is 18.2 Å². The van der Waals surface area contributed by atoms with Crippen molar-refractivity contribution >= 4 is 31.9 Å². The lowest BCUT2D eigenvalue weighted by atomic mass is 10.0. The van der Waals surface area contributed by atoms with Crippen molar-refractivity contribution < 1.29 is 9.47 Å². The molecule has 0 unspecified atom stereocenters. The number of benzene rings is 1. The first-order valence-electron chi connectivity index (χ1n) is 5.84. The third-order valence-electron chi connectivity index (χ3n) is 2.97. The smallest absolute Gasteiger partial charge is 0.133 e. The Bertz CT molecular complexity index is 362. The van der Waals surface area contributed by atoms with Crippen molar-refractivity contribution in [3.8, 4) is 5.75 Å². The molecule has 17 heavy (non-hydrogen) atoms. The number of halogens is 2. The van der Waals surface area contributed by atoms with E-state index in [2.05, 4.69) is 44.0 Å². The van der Waals surface area contributed by atoms with Gasteiger partial charge in [-0.05, 0) is 52.4 Å². The summed E-state index contributed by atoms with van der Waals surface area (Å²) < 4.78 is 12.2. The third-order valence-corrected chi connectivity index (χ3v) is 4.23. The zero-order valence-electron chi connectivity index (χ0n) is 9.62. The Hall–Kier alpha value is -0.0600. The predicted octanol–water partition coefficient (Wildman–Crippen LogP) is 4.15. The number of alkyl halides is 1. The molecule has 0 N–H and O–H groups in total. The summed E-state index contributed by atoms with van der Waals surface area (Å²) in [5.74, 6) is 1.56. The Morgan fingerprint density at radius 2 is 2.06 bits per heavy atom. The molecule has 0 saturated carbocycles. The number of hydrogen-bond donors (Lipinski definition) is 0. The monoisotopic (exact) mass is 362 g/mol. The first-order valence-corrected chi connectivity index (χ1v) is 7.76. The van der Waals surface area contributed by atoms with Crippen LogP contribution in [-0.2, 0) is 10.1 Å². The molecule has 2 rings (SSSR count). The summed E-state index contributed by atoms with van der Waals surface area (Å²) >= 11 is 6.98. The summed E-state index contributed by atoms with van der Waals surface area (Å²) in [6.45, 7) is 2.53. The van der Waals surface area contributed by atoms with Crippen molar-refractivity contribution in [3.63, 3.8) is 0 Å². The lowest BCUT2D eigenvalue weighted by molar-refractivity contribution is 0.0496. The van der Waals surface area contributed by atoms with Gasteiger partial charge in [-0.3, -0.25) is 0 Å². The number of rotatable bonds is 4. The highest BCUT2D eigenvalue weighted by Crippen LogP contribution is 2.28. The van der Waals surface area contributed by atoms with Crippen LogP contribution in [0.1, 0.15) is 18.4 Å². The van der Waals surface area contributed by atoms with Gasteiger partial charge < -0.3 is 9.47 Å². The van der Waals surface area contributed by atoms with E-state index in [-0.39, 0.29) is 0 Å². The third kappa shape index (κ3) is 3.97. The summed E-state index contributed by atoms with van der Waals surface area (Å²) in [6, 6.07) is 6.20. The largest absolute Gasteiger partial charge is 0.492 e. The van der Waals surface area contributed by atoms with Crippen molar-refractivity contribution in [3.05, 3.63) is 28.2 Å². The first-order chi connectivity index (χ1) is 8.29. The van der Waals surface area contributed by atoms with Gasteiger partial charge >= 0.3 is 0 Å². The molecule has 1 aromatic carbocycles. The average molecular weight is 364 g/mol. The van der Waals surface area contributed by atoms with Gasteiger partial charge in [-0.2, -0.15) is 0 Å². The van der Waals surface area contributed by atoms with Crippen LogP contribution in [0.4, 0.5) is 0 Å². The first kappa shape index (κ1) is 13.4. The molecule has 0 bridgehead atoms. The van der Waals surface area contributed by atoms with Crippen LogP contribution in [-0.4, -0.2) is 19.8 Å². The summed E-state index contributed by atoms with van der Waals surface area (Å²) in [6.07, 6.45) is 2.22. The molecule has 0 aliphatic carbocycles. The zero-order chi connectivity index (χ0) is 12.1. The molecule has 1 heterocycles. The van der Waals surface area contributed by atoms with Crippen LogP contribution >= 0.6 is 31.9 Å². The quantitative estimate of drug-likeness (QED) is 0.748. The Labute approximate surface area is 119 Å². The van der Waals surface area contributed by atoms with E-state index in [1.807, 2.05) is 6.07 Å². The van der Waals surface area contributed by atoms with Gasteiger partial charge in [-0.1, -0.05) is 22.0 Å². The molecule has 1 aliphatic rings. The Morgan fingerprint density at radius 3 is 2.71 bits per heavy atom. The second kappa shape index (κ2) is 6.76. The second-order valence-electron chi connectivity index (χ2n) is 4.27. The molecule has 2 nitrogen and oxygen atoms in total. The van der Waals surface area contributed by atoms with Crippen LogP contribution in [0.5, 0.6) is 5.75 Å². The maximum Gasteiger partial charge on any atom is 0.133 e.